The van der Waals surface area contributed by atoms with Crippen LogP contribution in [0.3, 0.4) is 0 Å². The molecule has 0 radical (unpaired) electrons. The van der Waals surface area contributed by atoms with Crippen molar-refractivity contribution >= 4 is 17.3 Å². The molecule has 0 aromatic carbocycles. The van der Waals surface area contributed by atoms with Gasteiger partial charge in [0.15, 0.2) is 5.11 Å². The highest BCUT2D eigenvalue weighted by atomic mass is 32.1. The summed E-state index contributed by atoms with van der Waals surface area (Å²) in [6.45, 7) is 0.816. The summed E-state index contributed by atoms with van der Waals surface area (Å²) in [6, 6.07) is 2.00. The molecule has 0 saturated heterocycles. The molecule has 0 atom stereocenters. The number of aryl methyl sites for hydroxylation is 1. The molecule has 1 aromatic rings. The molecule has 0 bridgehead atoms. The van der Waals surface area contributed by atoms with E-state index in [1.807, 2.05) is 19.3 Å². The average Bonchev–Trinajstić information content (AvgIpc) is 2.51. The van der Waals surface area contributed by atoms with Crippen LogP contribution in [0.25, 0.3) is 0 Å². The minimum Gasteiger partial charge on any atom is -0.366 e. The molecule has 4 nitrogen and oxygen atoms in total. The summed E-state index contributed by atoms with van der Waals surface area (Å²) in [5, 5.41) is 10.8. The minimum absolute atomic E-state index is 0.677. The lowest BCUT2D eigenvalue weighted by Crippen LogP contribution is -2.33. The third kappa shape index (κ3) is 3.42. The van der Waals surface area contributed by atoms with Gasteiger partial charge in [-0.1, -0.05) is 0 Å². The smallest absolute Gasteiger partial charge is 0.166 e. The van der Waals surface area contributed by atoms with Gasteiger partial charge in [-0.25, -0.2) is 0 Å². The first-order valence-electron chi connectivity index (χ1n) is 4.16. The second kappa shape index (κ2) is 4.81. The van der Waals surface area contributed by atoms with Crippen LogP contribution in [0.15, 0.2) is 12.3 Å². The van der Waals surface area contributed by atoms with E-state index in [9.17, 15) is 0 Å². The van der Waals surface area contributed by atoms with Gasteiger partial charge in [-0.3, -0.25) is 4.68 Å². The molecule has 1 aromatic heterocycles. The molecule has 1 heterocycles. The summed E-state index contributed by atoms with van der Waals surface area (Å²) >= 11 is 4.93. The minimum atomic E-state index is 0.677. The van der Waals surface area contributed by atoms with Gasteiger partial charge in [0.25, 0.3) is 0 Å². The molecule has 0 aliphatic carbocycles. The topological polar surface area (TPSA) is 41.9 Å². The fourth-order valence-corrected chi connectivity index (χ4v) is 1.09. The molecule has 0 unspecified atom stereocenters. The maximum absolute atomic E-state index is 4.93. The molecule has 0 spiro atoms. The van der Waals surface area contributed by atoms with Crippen LogP contribution in [-0.2, 0) is 13.5 Å². The van der Waals surface area contributed by atoms with Crippen LogP contribution in [0.2, 0.25) is 0 Å². The maximum Gasteiger partial charge on any atom is 0.166 e. The van der Waals surface area contributed by atoms with E-state index in [4.69, 9.17) is 12.2 Å². The van der Waals surface area contributed by atoms with Crippen LogP contribution >= 0.6 is 12.2 Å². The van der Waals surface area contributed by atoms with E-state index < -0.39 is 0 Å². The number of hydrogen-bond acceptors (Lipinski definition) is 2. The fourth-order valence-electron chi connectivity index (χ4n) is 0.989. The van der Waals surface area contributed by atoms with Crippen molar-refractivity contribution in [1.29, 1.82) is 0 Å². The third-order valence-electron chi connectivity index (χ3n) is 1.66. The summed E-state index contributed by atoms with van der Waals surface area (Å²) in [5.41, 5.74) is 1.08. The monoisotopic (exact) mass is 198 g/mol. The Balaban J connectivity index is 2.24. The van der Waals surface area contributed by atoms with E-state index in [-0.39, 0.29) is 0 Å². The van der Waals surface area contributed by atoms with Gasteiger partial charge in [-0.15, -0.1) is 0 Å². The lowest BCUT2D eigenvalue weighted by Gasteiger charge is -2.04. The van der Waals surface area contributed by atoms with E-state index in [0.29, 0.717) is 5.11 Å². The Labute approximate surface area is 83.3 Å². The molecule has 13 heavy (non-hydrogen) atoms. The molecule has 0 saturated carbocycles. The van der Waals surface area contributed by atoms with Crippen molar-refractivity contribution < 1.29 is 0 Å². The second-order valence-electron chi connectivity index (χ2n) is 2.74. The standard InChI is InChI=1S/C8H14N4S/c1-9-8(13)10-5-3-7-4-6-12(2)11-7/h4,6H,3,5H2,1-2H3,(H2,9,10,13). The number of hydrogen-bond donors (Lipinski definition) is 2. The van der Waals surface area contributed by atoms with Crippen LogP contribution in [0, 0.1) is 0 Å². The Morgan fingerprint density at radius 2 is 2.46 bits per heavy atom. The molecule has 0 aliphatic rings. The van der Waals surface area contributed by atoms with Gasteiger partial charge in [-0.05, 0) is 18.3 Å². The van der Waals surface area contributed by atoms with E-state index in [1.54, 1.807) is 11.7 Å². The normalized spacial score (nSPS) is 9.69. The summed E-state index contributed by atoms with van der Waals surface area (Å²) in [7, 11) is 3.71. The van der Waals surface area contributed by atoms with Gasteiger partial charge in [-0.2, -0.15) is 5.10 Å². The van der Waals surface area contributed by atoms with Crippen LogP contribution in [0.4, 0.5) is 0 Å². The first-order valence-corrected chi connectivity index (χ1v) is 4.57. The first kappa shape index (κ1) is 9.98. The molecule has 0 aliphatic heterocycles. The summed E-state index contributed by atoms with van der Waals surface area (Å²) in [5.74, 6) is 0. The molecule has 2 N–H and O–H groups in total. The Bertz CT molecular complexity index is 281. The number of thiocarbonyl (C=S) groups is 1. The van der Waals surface area contributed by atoms with Crippen molar-refractivity contribution in [3.8, 4) is 0 Å². The van der Waals surface area contributed by atoms with Gasteiger partial charge < -0.3 is 10.6 Å². The van der Waals surface area contributed by atoms with Gasteiger partial charge in [0, 0.05) is 33.3 Å². The molecular weight excluding hydrogens is 184 g/mol. The molecule has 0 fully saturated rings. The van der Waals surface area contributed by atoms with Crippen molar-refractivity contribution in [3.63, 3.8) is 0 Å². The number of aromatic nitrogens is 2. The van der Waals surface area contributed by atoms with E-state index in [0.717, 1.165) is 18.7 Å². The van der Waals surface area contributed by atoms with Crippen molar-refractivity contribution in [2.24, 2.45) is 7.05 Å². The van der Waals surface area contributed by atoms with Crippen molar-refractivity contribution in [2.75, 3.05) is 13.6 Å². The summed E-state index contributed by atoms with van der Waals surface area (Å²) < 4.78 is 1.80. The highest BCUT2D eigenvalue weighted by molar-refractivity contribution is 7.80. The average molecular weight is 198 g/mol. The predicted octanol–water partition coefficient (Wildman–Crippen LogP) is 0.0565. The summed E-state index contributed by atoms with van der Waals surface area (Å²) in [4.78, 5) is 0. The largest absolute Gasteiger partial charge is 0.366 e. The van der Waals surface area contributed by atoms with Crippen LogP contribution in [-0.4, -0.2) is 28.5 Å². The molecule has 0 amide bonds. The van der Waals surface area contributed by atoms with Crippen LogP contribution in [0.5, 0.6) is 0 Å². The third-order valence-corrected chi connectivity index (χ3v) is 2.01. The lowest BCUT2D eigenvalue weighted by atomic mass is 10.3. The Hall–Kier alpha value is -1.10. The van der Waals surface area contributed by atoms with Crippen LogP contribution < -0.4 is 10.6 Å². The van der Waals surface area contributed by atoms with Gasteiger partial charge >= 0.3 is 0 Å². The van der Waals surface area contributed by atoms with Gasteiger partial charge in [0.2, 0.25) is 0 Å². The van der Waals surface area contributed by atoms with E-state index in [2.05, 4.69) is 15.7 Å². The van der Waals surface area contributed by atoms with E-state index in [1.165, 1.54) is 0 Å². The Kier molecular flexibility index (Phi) is 3.70. The second-order valence-corrected chi connectivity index (χ2v) is 3.14. The van der Waals surface area contributed by atoms with Crippen molar-refractivity contribution in [3.05, 3.63) is 18.0 Å². The quantitative estimate of drug-likeness (QED) is 0.674. The van der Waals surface area contributed by atoms with Crippen molar-refractivity contribution in [2.45, 2.75) is 6.42 Å². The predicted molar refractivity (Wildman–Crippen MR) is 56.6 cm³/mol. The zero-order chi connectivity index (χ0) is 9.68. The van der Waals surface area contributed by atoms with Crippen LogP contribution in [0.1, 0.15) is 5.69 Å². The Morgan fingerprint density at radius 1 is 1.69 bits per heavy atom. The molecule has 72 valence electrons. The number of rotatable bonds is 3. The highest BCUT2D eigenvalue weighted by Gasteiger charge is 1.96. The molecule has 5 heteroatoms. The summed E-state index contributed by atoms with van der Waals surface area (Å²) in [6.07, 6.45) is 2.83. The number of nitrogens with one attached hydrogen (secondary N) is 2. The molecule has 1 rings (SSSR count). The Morgan fingerprint density at radius 3 is 3.00 bits per heavy atom. The van der Waals surface area contributed by atoms with Crippen molar-refractivity contribution in [1.82, 2.24) is 20.4 Å². The SMILES string of the molecule is CNC(=S)NCCc1ccn(C)n1. The maximum atomic E-state index is 4.93. The zero-order valence-electron chi connectivity index (χ0n) is 7.87. The molecular formula is C8H14N4S. The highest BCUT2D eigenvalue weighted by Crippen LogP contribution is 1.93. The lowest BCUT2D eigenvalue weighted by molar-refractivity contribution is 0.729. The first-order chi connectivity index (χ1) is 6.22. The van der Waals surface area contributed by atoms with E-state index >= 15 is 0 Å². The fraction of sp³-hybridized carbons (Fsp3) is 0.500. The number of nitrogens with zero attached hydrogens (tertiary/aromatic N) is 2. The zero-order valence-corrected chi connectivity index (χ0v) is 8.69. The van der Waals surface area contributed by atoms with Gasteiger partial charge in [0.05, 0.1) is 5.69 Å². The van der Waals surface area contributed by atoms with Gasteiger partial charge in [0.1, 0.15) is 0 Å².